The first kappa shape index (κ1) is 23.4. The summed E-state index contributed by atoms with van der Waals surface area (Å²) >= 11 is 0. The second-order valence-electron chi connectivity index (χ2n) is 8.26. The van der Waals surface area contributed by atoms with E-state index < -0.39 is 41.9 Å². The summed E-state index contributed by atoms with van der Waals surface area (Å²) in [4.78, 5) is 32.8. The highest BCUT2D eigenvalue weighted by atomic mass is 19.1. The van der Waals surface area contributed by atoms with E-state index in [9.17, 15) is 19.1 Å². The third kappa shape index (κ3) is 5.07. The molecule has 2 aromatic heterocycles. The first-order valence-electron chi connectivity index (χ1n) is 10.8. The van der Waals surface area contributed by atoms with Crippen molar-refractivity contribution in [3.63, 3.8) is 0 Å². The molecule has 1 aliphatic rings. The Morgan fingerprint density at radius 3 is 2.71 bits per heavy atom. The number of amides is 2. The monoisotopic (exact) mass is 468 g/mol. The minimum absolute atomic E-state index is 0.110. The fourth-order valence-corrected chi connectivity index (χ4v) is 4.42. The Hall–Kier alpha value is -3.79. The number of aliphatic hydroxyl groups is 1. The van der Waals surface area contributed by atoms with Gasteiger partial charge in [0.2, 0.25) is 11.8 Å². The number of aliphatic hydroxyl groups excluding tert-OH is 1. The van der Waals surface area contributed by atoms with Gasteiger partial charge < -0.3 is 25.6 Å². The number of carbonyl (C=O) groups is 2. The predicted octanol–water partition coefficient (Wildman–Crippen LogP) is 2.81. The highest BCUT2D eigenvalue weighted by Gasteiger charge is 2.42. The Morgan fingerprint density at radius 1 is 1.24 bits per heavy atom. The average Bonchev–Trinajstić information content (AvgIpc) is 3.22. The second-order valence-corrected chi connectivity index (χ2v) is 8.26. The zero-order chi connectivity index (χ0) is 24.2. The molecule has 178 valence electrons. The number of carbonyl (C=O) groups excluding carboxylic acids is 2. The van der Waals surface area contributed by atoms with Gasteiger partial charge in [-0.25, -0.2) is 14.2 Å². The molecule has 0 aliphatic heterocycles. The number of pyridine rings is 2. The van der Waals surface area contributed by atoms with Gasteiger partial charge in [0.05, 0.1) is 24.9 Å². The van der Waals surface area contributed by atoms with Crippen LogP contribution in [0.3, 0.4) is 0 Å². The Kier molecular flexibility index (Phi) is 6.87. The van der Waals surface area contributed by atoms with Gasteiger partial charge in [0, 0.05) is 24.3 Å². The van der Waals surface area contributed by atoms with Crippen LogP contribution in [0.4, 0.5) is 14.9 Å². The molecule has 9 nitrogen and oxygen atoms in total. The first-order chi connectivity index (χ1) is 16.4. The molecule has 1 fully saturated rings. The number of ether oxygens (including phenoxy) is 2. The van der Waals surface area contributed by atoms with Crippen LogP contribution in [0, 0.1) is 17.7 Å². The molecule has 1 saturated carbocycles. The molecule has 34 heavy (non-hydrogen) atoms. The molecule has 1 aliphatic carbocycles. The Bertz CT molecular complexity index is 1190. The SMILES string of the molecule is COc1ccc2ncc(F)c(NC(=O)[C@@H]3C[C@@H](O)[C@H](C(Cc4ccccc4)OC(N)=O)C3)c2n1. The van der Waals surface area contributed by atoms with E-state index in [1.165, 1.54) is 7.11 Å². The smallest absolute Gasteiger partial charge is 0.404 e. The number of nitrogens with two attached hydrogens (primary N) is 1. The van der Waals surface area contributed by atoms with Crippen molar-refractivity contribution in [2.45, 2.75) is 31.5 Å². The molecular formula is C24H25FN4O5. The standard InChI is InChI=1S/C24H25FN4O5/c1-33-20-8-7-17-22(28-20)21(16(25)12-27-17)29-23(31)14-10-15(18(30)11-14)19(34-24(26)32)9-13-5-3-2-4-6-13/h2-8,12,14-15,18-19,30H,9-11H2,1H3,(H2,26,32)(H,27,29,31)/t14-,15+,18+,19?/m0/s1. The third-order valence-electron chi connectivity index (χ3n) is 6.07. The van der Waals surface area contributed by atoms with E-state index in [1.54, 1.807) is 12.1 Å². The Morgan fingerprint density at radius 2 is 2.00 bits per heavy atom. The van der Waals surface area contributed by atoms with Crippen molar-refractivity contribution in [3.05, 3.63) is 60.0 Å². The normalized spacial score (nSPS) is 20.6. The molecule has 10 heteroatoms. The van der Waals surface area contributed by atoms with Gasteiger partial charge in [-0.05, 0) is 24.5 Å². The van der Waals surface area contributed by atoms with Crippen LogP contribution in [0.5, 0.6) is 5.88 Å². The number of nitrogens with zero attached hydrogens (tertiary/aromatic N) is 2. The largest absolute Gasteiger partial charge is 0.481 e. The topological polar surface area (TPSA) is 137 Å². The number of hydrogen-bond acceptors (Lipinski definition) is 7. The summed E-state index contributed by atoms with van der Waals surface area (Å²) in [5.41, 5.74) is 6.60. The van der Waals surface area contributed by atoms with Gasteiger partial charge in [-0.2, -0.15) is 0 Å². The Labute approximate surface area is 195 Å². The van der Waals surface area contributed by atoms with Crippen LogP contribution < -0.4 is 15.8 Å². The summed E-state index contributed by atoms with van der Waals surface area (Å²) in [6.07, 6.45) is -0.850. The van der Waals surface area contributed by atoms with Crippen molar-refractivity contribution < 1.29 is 28.6 Å². The van der Waals surface area contributed by atoms with Gasteiger partial charge in [-0.1, -0.05) is 30.3 Å². The summed E-state index contributed by atoms with van der Waals surface area (Å²) in [5, 5.41) is 13.3. The number of rotatable bonds is 7. The second kappa shape index (κ2) is 10.0. The number of halogens is 1. The zero-order valence-corrected chi connectivity index (χ0v) is 18.5. The van der Waals surface area contributed by atoms with E-state index in [-0.39, 0.29) is 29.9 Å². The maximum absolute atomic E-state index is 14.6. The summed E-state index contributed by atoms with van der Waals surface area (Å²) in [7, 11) is 1.43. The van der Waals surface area contributed by atoms with Crippen molar-refractivity contribution in [1.29, 1.82) is 0 Å². The van der Waals surface area contributed by atoms with Crippen LogP contribution in [-0.2, 0) is 16.0 Å². The zero-order valence-electron chi connectivity index (χ0n) is 18.5. The van der Waals surface area contributed by atoms with Gasteiger partial charge in [0.1, 0.15) is 17.3 Å². The number of primary amides is 1. The molecular weight excluding hydrogens is 443 g/mol. The molecule has 1 aromatic carbocycles. The lowest BCUT2D eigenvalue weighted by atomic mass is 9.92. The average molecular weight is 468 g/mol. The summed E-state index contributed by atoms with van der Waals surface area (Å²) in [5.74, 6) is -2.12. The number of anilines is 1. The first-order valence-corrected chi connectivity index (χ1v) is 10.8. The van der Waals surface area contributed by atoms with Crippen LogP contribution in [-0.4, -0.2) is 46.4 Å². The minimum atomic E-state index is -0.952. The number of nitrogens with one attached hydrogen (secondary N) is 1. The van der Waals surface area contributed by atoms with E-state index in [0.29, 0.717) is 11.9 Å². The molecule has 1 unspecified atom stereocenters. The fourth-order valence-electron chi connectivity index (χ4n) is 4.42. The highest BCUT2D eigenvalue weighted by Crippen LogP contribution is 2.37. The predicted molar refractivity (Wildman–Crippen MR) is 122 cm³/mol. The number of aromatic nitrogens is 2. The lowest BCUT2D eigenvalue weighted by molar-refractivity contribution is -0.120. The van der Waals surface area contributed by atoms with Crippen LogP contribution in [0.25, 0.3) is 11.0 Å². The van der Waals surface area contributed by atoms with Gasteiger partial charge >= 0.3 is 6.09 Å². The lowest BCUT2D eigenvalue weighted by Crippen LogP contribution is -2.35. The molecule has 0 saturated heterocycles. The number of methoxy groups -OCH3 is 1. The van der Waals surface area contributed by atoms with Crippen molar-refractivity contribution in [2.75, 3.05) is 12.4 Å². The molecule has 4 rings (SSSR count). The van der Waals surface area contributed by atoms with Crippen LogP contribution in [0.2, 0.25) is 0 Å². The maximum atomic E-state index is 14.6. The van der Waals surface area contributed by atoms with Crippen LogP contribution in [0.15, 0.2) is 48.7 Å². The minimum Gasteiger partial charge on any atom is -0.481 e. The summed E-state index contributed by atoms with van der Waals surface area (Å²) < 4.78 is 25.0. The molecule has 3 aromatic rings. The van der Waals surface area contributed by atoms with Gasteiger partial charge in [0.25, 0.3) is 0 Å². The molecule has 4 atom stereocenters. The number of fused-ring (bicyclic) bond motifs is 1. The van der Waals surface area contributed by atoms with E-state index in [2.05, 4.69) is 15.3 Å². The molecule has 2 amide bonds. The van der Waals surface area contributed by atoms with Crippen molar-refractivity contribution >= 4 is 28.7 Å². The molecule has 0 spiro atoms. The molecule has 2 heterocycles. The Balaban J connectivity index is 1.53. The van der Waals surface area contributed by atoms with Crippen LogP contribution in [0.1, 0.15) is 18.4 Å². The molecule has 0 radical (unpaired) electrons. The quantitative estimate of drug-likeness (QED) is 0.485. The summed E-state index contributed by atoms with van der Waals surface area (Å²) in [6, 6.07) is 12.5. The van der Waals surface area contributed by atoms with E-state index in [0.717, 1.165) is 11.8 Å². The molecule has 0 bridgehead atoms. The van der Waals surface area contributed by atoms with E-state index >= 15 is 0 Å². The summed E-state index contributed by atoms with van der Waals surface area (Å²) in [6.45, 7) is 0. The van der Waals surface area contributed by atoms with E-state index in [4.69, 9.17) is 15.2 Å². The van der Waals surface area contributed by atoms with Crippen molar-refractivity contribution in [1.82, 2.24) is 9.97 Å². The fraction of sp³-hybridized carbons (Fsp3) is 0.333. The lowest BCUT2D eigenvalue weighted by Gasteiger charge is -2.25. The van der Waals surface area contributed by atoms with Gasteiger partial charge in [-0.15, -0.1) is 0 Å². The van der Waals surface area contributed by atoms with Crippen molar-refractivity contribution in [2.24, 2.45) is 17.6 Å². The maximum Gasteiger partial charge on any atom is 0.404 e. The van der Waals surface area contributed by atoms with Gasteiger partial charge in [-0.3, -0.25) is 9.78 Å². The van der Waals surface area contributed by atoms with E-state index in [1.807, 2.05) is 30.3 Å². The number of benzene rings is 1. The number of hydrogen-bond donors (Lipinski definition) is 3. The van der Waals surface area contributed by atoms with Crippen molar-refractivity contribution in [3.8, 4) is 5.88 Å². The van der Waals surface area contributed by atoms with Crippen LogP contribution >= 0.6 is 0 Å². The third-order valence-corrected chi connectivity index (χ3v) is 6.07. The molecule has 4 N–H and O–H groups in total. The van der Waals surface area contributed by atoms with Gasteiger partial charge in [0.15, 0.2) is 5.82 Å². The highest BCUT2D eigenvalue weighted by molar-refractivity contribution is 6.00.